The van der Waals surface area contributed by atoms with Gasteiger partial charge in [-0.3, -0.25) is 0 Å². The molecule has 4 heteroatoms. The summed E-state index contributed by atoms with van der Waals surface area (Å²) < 4.78 is 2.68. The third-order valence-corrected chi connectivity index (χ3v) is 10.2. The Kier molecular flexibility index (Phi) is 6.80. The van der Waals surface area contributed by atoms with Gasteiger partial charge in [-0.05, 0) is 58.7 Å². The maximum Gasteiger partial charge on any atom is 0.164 e. The summed E-state index contributed by atoms with van der Waals surface area (Å²) in [7, 11) is 0. The molecular formula is C43H29N3S. The van der Waals surface area contributed by atoms with Crippen LogP contribution in [0.3, 0.4) is 0 Å². The molecule has 0 spiro atoms. The smallest absolute Gasteiger partial charge is 0.164 e. The summed E-state index contributed by atoms with van der Waals surface area (Å²) in [5, 5.41) is 5.23. The van der Waals surface area contributed by atoms with Crippen LogP contribution in [-0.4, -0.2) is 15.0 Å². The molecule has 3 nitrogen and oxygen atoms in total. The number of fused-ring (bicyclic) bond motifs is 5. The lowest BCUT2D eigenvalue weighted by atomic mass is 9.94. The van der Waals surface area contributed by atoms with Crippen molar-refractivity contribution in [2.45, 2.75) is 12.8 Å². The Morgan fingerprint density at radius 3 is 1.89 bits per heavy atom. The van der Waals surface area contributed by atoms with Gasteiger partial charge in [0.25, 0.3) is 0 Å². The minimum atomic E-state index is 0.674. The third kappa shape index (κ3) is 5.04. The van der Waals surface area contributed by atoms with Gasteiger partial charge in [-0.15, -0.1) is 11.3 Å². The van der Waals surface area contributed by atoms with E-state index < -0.39 is 0 Å². The number of hydrogen-bond acceptors (Lipinski definition) is 4. The first-order valence-electron chi connectivity index (χ1n) is 16.0. The first kappa shape index (κ1) is 27.6. The van der Waals surface area contributed by atoms with Crippen LogP contribution < -0.4 is 0 Å². The SMILES string of the molecule is C1=CC(c2nc(-c3ccccc3)nc(-c3cccc(-c4cccc(-c5cccc6c5ccc5c7ccccc7sc65)c4)c3)n2)=CCC1. The molecule has 0 fully saturated rings. The van der Waals surface area contributed by atoms with Crippen molar-refractivity contribution >= 4 is 47.9 Å². The number of hydrogen-bond donors (Lipinski definition) is 0. The van der Waals surface area contributed by atoms with E-state index in [2.05, 4.69) is 133 Å². The molecule has 0 bridgehead atoms. The van der Waals surface area contributed by atoms with Gasteiger partial charge in [0, 0.05) is 42.3 Å². The van der Waals surface area contributed by atoms with E-state index in [1.54, 1.807) is 0 Å². The van der Waals surface area contributed by atoms with Crippen LogP contribution in [0.1, 0.15) is 18.7 Å². The summed E-state index contributed by atoms with van der Waals surface area (Å²) in [6.07, 6.45) is 8.57. The van der Waals surface area contributed by atoms with Crippen molar-refractivity contribution in [2.75, 3.05) is 0 Å². The molecule has 9 rings (SSSR count). The highest BCUT2D eigenvalue weighted by Gasteiger charge is 2.15. The van der Waals surface area contributed by atoms with Crippen LogP contribution in [-0.2, 0) is 0 Å². The van der Waals surface area contributed by atoms with Crippen molar-refractivity contribution in [3.8, 4) is 45.0 Å². The fourth-order valence-electron chi connectivity index (χ4n) is 6.63. The van der Waals surface area contributed by atoms with Crippen LogP contribution in [0, 0.1) is 0 Å². The Morgan fingerprint density at radius 2 is 1.06 bits per heavy atom. The van der Waals surface area contributed by atoms with Gasteiger partial charge in [0.15, 0.2) is 17.5 Å². The Morgan fingerprint density at radius 1 is 0.447 bits per heavy atom. The van der Waals surface area contributed by atoms with Crippen molar-refractivity contribution in [3.05, 3.63) is 158 Å². The molecule has 8 aromatic rings. The average Bonchev–Trinajstić information content (AvgIpc) is 3.55. The number of rotatable bonds is 5. The quantitative estimate of drug-likeness (QED) is 0.192. The highest BCUT2D eigenvalue weighted by atomic mass is 32.1. The molecule has 0 saturated carbocycles. The highest BCUT2D eigenvalue weighted by molar-refractivity contribution is 7.26. The molecule has 6 aromatic carbocycles. The number of allylic oxidation sites excluding steroid dienone is 4. The third-order valence-electron chi connectivity index (χ3n) is 8.95. The van der Waals surface area contributed by atoms with Crippen LogP contribution in [0.25, 0.3) is 81.5 Å². The first-order valence-corrected chi connectivity index (χ1v) is 16.8. The Bertz CT molecular complexity index is 2520. The van der Waals surface area contributed by atoms with E-state index >= 15 is 0 Å². The maximum absolute atomic E-state index is 4.99. The van der Waals surface area contributed by atoms with Crippen molar-refractivity contribution in [1.29, 1.82) is 0 Å². The van der Waals surface area contributed by atoms with Crippen LogP contribution >= 0.6 is 11.3 Å². The van der Waals surface area contributed by atoms with E-state index in [0.29, 0.717) is 17.5 Å². The van der Waals surface area contributed by atoms with E-state index in [1.165, 1.54) is 42.1 Å². The van der Waals surface area contributed by atoms with Crippen molar-refractivity contribution in [3.63, 3.8) is 0 Å². The van der Waals surface area contributed by atoms with Gasteiger partial charge >= 0.3 is 0 Å². The number of thiophene rings is 1. The maximum atomic E-state index is 4.99. The molecule has 0 atom stereocenters. The molecule has 0 aliphatic heterocycles. The number of nitrogens with zero attached hydrogens (tertiary/aromatic N) is 3. The second-order valence-electron chi connectivity index (χ2n) is 11.9. The molecule has 0 unspecified atom stereocenters. The predicted octanol–water partition coefficient (Wildman–Crippen LogP) is 11.8. The van der Waals surface area contributed by atoms with Gasteiger partial charge in [-0.2, -0.15) is 0 Å². The van der Waals surface area contributed by atoms with Gasteiger partial charge < -0.3 is 0 Å². The zero-order chi connectivity index (χ0) is 31.2. The molecule has 47 heavy (non-hydrogen) atoms. The van der Waals surface area contributed by atoms with E-state index in [9.17, 15) is 0 Å². The van der Waals surface area contributed by atoms with Crippen LogP contribution in [0.4, 0.5) is 0 Å². The molecule has 1 aliphatic rings. The molecule has 2 heterocycles. The molecular weight excluding hydrogens is 591 g/mol. The normalized spacial score (nSPS) is 13.0. The topological polar surface area (TPSA) is 38.7 Å². The Balaban J connectivity index is 1.13. The molecule has 0 N–H and O–H groups in total. The van der Waals surface area contributed by atoms with E-state index in [0.717, 1.165) is 40.7 Å². The lowest BCUT2D eigenvalue weighted by Gasteiger charge is -2.12. The van der Waals surface area contributed by atoms with E-state index in [4.69, 9.17) is 15.0 Å². The second-order valence-corrected chi connectivity index (χ2v) is 13.0. The fourth-order valence-corrected chi connectivity index (χ4v) is 7.86. The van der Waals surface area contributed by atoms with Gasteiger partial charge in [0.2, 0.25) is 0 Å². The zero-order valence-corrected chi connectivity index (χ0v) is 26.4. The largest absolute Gasteiger partial charge is 0.208 e. The molecule has 222 valence electrons. The van der Waals surface area contributed by atoms with Gasteiger partial charge in [0.1, 0.15) is 0 Å². The average molecular weight is 620 g/mol. The van der Waals surface area contributed by atoms with E-state index in [-0.39, 0.29) is 0 Å². The Labute approximate surface area is 277 Å². The van der Waals surface area contributed by atoms with Crippen molar-refractivity contribution in [1.82, 2.24) is 15.0 Å². The zero-order valence-electron chi connectivity index (χ0n) is 25.6. The van der Waals surface area contributed by atoms with Crippen LogP contribution in [0.2, 0.25) is 0 Å². The molecule has 0 amide bonds. The monoisotopic (exact) mass is 619 g/mol. The number of benzene rings is 6. The summed E-state index contributed by atoms with van der Waals surface area (Å²) in [4.78, 5) is 14.9. The molecule has 0 radical (unpaired) electrons. The minimum Gasteiger partial charge on any atom is -0.208 e. The first-order chi connectivity index (χ1) is 23.3. The predicted molar refractivity (Wildman–Crippen MR) is 198 cm³/mol. The number of aromatic nitrogens is 3. The standard InChI is InChI=1S/C43H29N3S/c1-3-12-28(13-4-1)41-44-42(29-14-5-2-6-15-29)46-43(45-41)33-19-10-17-31(27-33)30-16-9-18-32(26-30)34-21-11-22-37-35(34)24-25-38-36-20-7-8-23-39(36)47-40(37)38/h1,3-5,7-27H,2,6H2. The fraction of sp³-hybridized carbons (Fsp3) is 0.0465. The van der Waals surface area contributed by atoms with E-state index in [1.807, 2.05) is 29.5 Å². The summed E-state index contributed by atoms with van der Waals surface area (Å²) in [5.74, 6) is 2.07. The summed E-state index contributed by atoms with van der Waals surface area (Å²) >= 11 is 1.88. The van der Waals surface area contributed by atoms with Gasteiger partial charge in [-0.1, -0.05) is 133 Å². The summed E-state index contributed by atoms with van der Waals surface area (Å²) in [5.41, 5.74) is 7.70. The van der Waals surface area contributed by atoms with Crippen LogP contribution in [0.15, 0.2) is 152 Å². The molecule has 1 aliphatic carbocycles. The van der Waals surface area contributed by atoms with Gasteiger partial charge in [-0.25, -0.2) is 15.0 Å². The van der Waals surface area contributed by atoms with Gasteiger partial charge in [0.05, 0.1) is 0 Å². The lowest BCUT2D eigenvalue weighted by Crippen LogP contribution is -2.03. The van der Waals surface area contributed by atoms with Crippen molar-refractivity contribution < 1.29 is 0 Å². The lowest BCUT2D eigenvalue weighted by molar-refractivity contribution is 1.01. The molecule has 2 aromatic heterocycles. The summed E-state index contributed by atoms with van der Waals surface area (Å²) in [6, 6.07) is 47.5. The Hall–Kier alpha value is -5.71. The second kappa shape index (κ2) is 11.6. The summed E-state index contributed by atoms with van der Waals surface area (Å²) in [6.45, 7) is 0. The molecule has 0 saturated heterocycles. The van der Waals surface area contributed by atoms with Crippen LogP contribution in [0.5, 0.6) is 0 Å². The minimum absolute atomic E-state index is 0.674. The van der Waals surface area contributed by atoms with Crippen molar-refractivity contribution in [2.24, 2.45) is 0 Å². The highest BCUT2D eigenvalue weighted by Crippen LogP contribution is 2.41.